The Morgan fingerprint density at radius 2 is 2.00 bits per heavy atom. The Bertz CT molecular complexity index is 737. The molecule has 0 aliphatic carbocycles. The highest BCUT2D eigenvalue weighted by molar-refractivity contribution is 7.99. The molecule has 1 heterocycles. The number of hydrogen-bond donors (Lipinski definition) is 1. The highest BCUT2D eigenvalue weighted by atomic mass is 32.2. The van der Waals surface area contributed by atoms with Crippen molar-refractivity contribution >= 4 is 29.0 Å². The molecule has 1 aliphatic heterocycles. The molecule has 2 aromatic rings. The van der Waals surface area contributed by atoms with Gasteiger partial charge < -0.3 is 10.2 Å². The molecule has 1 aliphatic rings. The quantitative estimate of drug-likeness (QED) is 0.939. The Balaban J connectivity index is 1.68. The number of para-hydroxylation sites is 1. The first kappa shape index (κ1) is 15.4. The lowest BCUT2D eigenvalue weighted by atomic mass is 10.2. The van der Waals surface area contributed by atoms with Crippen LogP contribution in [0.15, 0.2) is 53.4 Å². The summed E-state index contributed by atoms with van der Waals surface area (Å²) in [5, 5.41) is 11.7. The van der Waals surface area contributed by atoms with E-state index in [9.17, 15) is 4.79 Å². The molecule has 116 valence electrons. The van der Waals surface area contributed by atoms with Crippen LogP contribution in [0.5, 0.6) is 0 Å². The van der Waals surface area contributed by atoms with Crippen molar-refractivity contribution in [2.45, 2.75) is 11.3 Å². The second-order valence-electron chi connectivity index (χ2n) is 5.33. The number of benzene rings is 2. The molecule has 0 aromatic heterocycles. The van der Waals surface area contributed by atoms with E-state index in [1.165, 1.54) is 4.90 Å². The zero-order valence-electron chi connectivity index (χ0n) is 12.7. The number of fused-ring (bicyclic) bond motifs is 1. The fraction of sp³-hybridized carbons (Fsp3) is 0.222. The van der Waals surface area contributed by atoms with Crippen molar-refractivity contribution in [3.63, 3.8) is 0 Å². The maximum Gasteiger partial charge on any atom is 0.243 e. The summed E-state index contributed by atoms with van der Waals surface area (Å²) in [5.74, 6) is 1.03. The van der Waals surface area contributed by atoms with Crippen LogP contribution in [-0.4, -0.2) is 24.7 Å². The third-order valence-electron chi connectivity index (χ3n) is 3.67. The Hall–Kier alpha value is -2.45. The number of nitriles is 1. The van der Waals surface area contributed by atoms with E-state index in [2.05, 4.69) is 28.4 Å². The molecule has 1 N–H and O–H groups in total. The molecule has 0 unspecified atom stereocenters. The van der Waals surface area contributed by atoms with Crippen molar-refractivity contribution in [2.75, 3.05) is 29.1 Å². The molecular weight excluding hydrogens is 306 g/mol. The maximum atomic E-state index is 12.3. The number of amides is 1. The van der Waals surface area contributed by atoms with E-state index in [0.29, 0.717) is 17.8 Å². The zero-order chi connectivity index (χ0) is 16.1. The van der Waals surface area contributed by atoms with Gasteiger partial charge in [-0.05, 0) is 48.6 Å². The largest absolute Gasteiger partial charge is 0.361 e. The first-order valence-electron chi connectivity index (χ1n) is 7.53. The van der Waals surface area contributed by atoms with Gasteiger partial charge in [-0.15, -0.1) is 11.8 Å². The van der Waals surface area contributed by atoms with Gasteiger partial charge in [-0.25, -0.2) is 0 Å². The van der Waals surface area contributed by atoms with Crippen molar-refractivity contribution in [3.05, 3.63) is 54.1 Å². The fourth-order valence-electron chi connectivity index (χ4n) is 2.56. The molecule has 2 aromatic carbocycles. The summed E-state index contributed by atoms with van der Waals surface area (Å²) >= 11 is 1.84. The third-order valence-corrected chi connectivity index (χ3v) is 4.82. The van der Waals surface area contributed by atoms with Gasteiger partial charge in [-0.1, -0.05) is 12.1 Å². The lowest BCUT2D eigenvalue weighted by molar-refractivity contribution is -0.115. The average Bonchev–Trinajstić information content (AvgIpc) is 2.78. The SMILES string of the molecule is N#Cc1ccc(NC(=O)CN2CCCSc3ccccc32)cc1. The molecule has 0 radical (unpaired) electrons. The van der Waals surface area contributed by atoms with Crippen LogP contribution in [0, 0.1) is 11.3 Å². The third kappa shape index (κ3) is 3.85. The van der Waals surface area contributed by atoms with Crippen LogP contribution in [0.2, 0.25) is 0 Å². The van der Waals surface area contributed by atoms with Crippen molar-refractivity contribution < 1.29 is 4.79 Å². The van der Waals surface area contributed by atoms with E-state index in [1.54, 1.807) is 24.3 Å². The van der Waals surface area contributed by atoms with Gasteiger partial charge >= 0.3 is 0 Å². The summed E-state index contributed by atoms with van der Waals surface area (Å²) in [4.78, 5) is 15.7. The number of nitrogens with one attached hydrogen (secondary N) is 1. The van der Waals surface area contributed by atoms with Crippen LogP contribution in [0.4, 0.5) is 11.4 Å². The standard InChI is InChI=1S/C18H17N3OS/c19-12-14-6-8-15(9-7-14)20-18(22)13-21-10-3-11-23-17-5-2-1-4-16(17)21/h1-2,4-9H,3,10-11,13H2,(H,20,22). The number of thioether (sulfide) groups is 1. The minimum Gasteiger partial charge on any atom is -0.361 e. The van der Waals surface area contributed by atoms with Gasteiger partial charge in [0.15, 0.2) is 0 Å². The van der Waals surface area contributed by atoms with Crippen LogP contribution in [0.1, 0.15) is 12.0 Å². The second-order valence-corrected chi connectivity index (χ2v) is 6.47. The average molecular weight is 323 g/mol. The smallest absolute Gasteiger partial charge is 0.243 e. The summed E-state index contributed by atoms with van der Waals surface area (Å²) in [6.45, 7) is 1.21. The predicted molar refractivity (Wildman–Crippen MR) is 93.8 cm³/mol. The van der Waals surface area contributed by atoms with Crippen LogP contribution >= 0.6 is 11.8 Å². The number of carbonyl (C=O) groups excluding carboxylic acids is 1. The molecule has 0 saturated heterocycles. The molecular formula is C18H17N3OS. The topological polar surface area (TPSA) is 56.1 Å². The monoisotopic (exact) mass is 323 g/mol. The van der Waals surface area contributed by atoms with E-state index >= 15 is 0 Å². The van der Waals surface area contributed by atoms with Crippen molar-refractivity contribution in [1.29, 1.82) is 5.26 Å². The first-order valence-corrected chi connectivity index (χ1v) is 8.51. The van der Waals surface area contributed by atoms with Crippen molar-refractivity contribution in [3.8, 4) is 6.07 Å². The Labute approximate surface area is 140 Å². The fourth-order valence-corrected chi connectivity index (χ4v) is 3.58. The van der Waals surface area contributed by atoms with E-state index < -0.39 is 0 Å². The van der Waals surface area contributed by atoms with Crippen molar-refractivity contribution in [2.24, 2.45) is 0 Å². The normalized spacial score (nSPS) is 13.6. The molecule has 4 nitrogen and oxygen atoms in total. The minimum atomic E-state index is -0.0450. The lowest BCUT2D eigenvalue weighted by Crippen LogP contribution is -2.34. The van der Waals surface area contributed by atoms with E-state index in [0.717, 1.165) is 24.4 Å². The summed E-state index contributed by atoms with van der Waals surface area (Å²) in [5.41, 5.74) is 2.43. The molecule has 23 heavy (non-hydrogen) atoms. The lowest BCUT2D eigenvalue weighted by Gasteiger charge is -2.23. The zero-order valence-corrected chi connectivity index (χ0v) is 13.5. The van der Waals surface area contributed by atoms with Gasteiger partial charge in [0.05, 0.1) is 23.9 Å². The van der Waals surface area contributed by atoms with E-state index in [4.69, 9.17) is 5.26 Å². The van der Waals surface area contributed by atoms with Crippen LogP contribution in [-0.2, 0) is 4.79 Å². The molecule has 0 saturated carbocycles. The summed E-state index contributed by atoms with van der Waals surface area (Å²) in [7, 11) is 0. The van der Waals surface area contributed by atoms with Crippen LogP contribution in [0.25, 0.3) is 0 Å². The van der Waals surface area contributed by atoms with Crippen molar-refractivity contribution in [1.82, 2.24) is 0 Å². The summed E-state index contributed by atoms with van der Waals surface area (Å²) in [6, 6.07) is 17.2. The maximum absolute atomic E-state index is 12.3. The molecule has 5 heteroatoms. The molecule has 1 amide bonds. The van der Waals surface area contributed by atoms with Crippen LogP contribution < -0.4 is 10.2 Å². The number of rotatable bonds is 3. The Morgan fingerprint density at radius 3 is 2.78 bits per heavy atom. The minimum absolute atomic E-state index is 0.0450. The molecule has 3 rings (SSSR count). The predicted octanol–water partition coefficient (Wildman–Crippen LogP) is 3.50. The van der Waals surface area contributed by atoms with Gasteiger partial charge in [0, 0.05) is 17.1 Å². The molecule has 0 spiro atoms. The highest BCUT2D eigenvalue weighted by Crippen LogP contribution is 2.33. The summed E-state index contributed by atoms with van der Waals surface area (Å²) < 4.78 is 0. The van der Waals surface area contributed by atoms with Gasteiger partial charge in [0.1, 0.15) is 0 Å². The number of nitrogens with zero attached hydrogens (tertiary/aromatic N) is 2. The van der Waals surface area contributed by atoms with Crippen LogP contribution in [0.3, 0.4) is 0 Å². The van der Waals surface area contributed by atoms with Gasteiger partial charge in [-0.2, -0.15) is 5.26 Å². The first-order chi connectivity index (χ1) is 11.3. The molecule has 0 atom stereocenters. The van der Waals surface area contributed by atoms with E-state index in [-0.39, 0.29) is 5.91 Å². The number of carbonyl (C=O) groups is 1. The van der Waals surface area contributed by atoms with Gasteiger partial charge in [0.25, 0.3) is 0 Å². The second kappa shape index (κ2) is 7.21. The van der Waals surface area contributed by atoms with Gasteiger partial charge in [-0.3, -0.25) is 4.79 Å². The Morgan fingerprint density at radius 1 is 1.22 bits per heavy atom. The molecule has 0 bridgehead atoms. The summed E-state index contributed by atoms with van der Waals surface area (Å²) in [6.07, 6.45) is 1.06. The number of anilines is 2. The Kier molecular flexibility index (Phi) is 4.84. The molecule has 0 fully saturated rings. The highest BCUT2D eigenvalue weighted by Gasteiger charge is 2.17. The van der Waals surface area contributed by atoms with Gasteiger partial charge in [0.2, 0.25) is 5.91 Å². The number of hydrogen-bond acceptors (Lipinski definition) is 4. The van der Waals surface area contributed by atoms with E-state index in [1.807, 2.05) is 23.9 Å².